The molecular weight excluding hydrogens is 242 g/mol. The van der Waals surface area contributed by atoms with Crippen LogP contribution < -0.4 is 15.4 Å². The van der Waals surface area contributed by atoms with Gasteiger partial charge in [-0.3, -0.25) is 4.79 Å². The SMILES string of the molecule is COc1cc2c(cc1N)N(C(=O)CCN(C)C)CC2. The lowest BCUT2D eigenvalue weighted by atomic mass is 10.1. The van der Waals surface area contributed by atoms with Gasteiger partial charge >= 0.3 is 0 Å². The van der Waals surface area contributed by atoms with Gasteiger partial charge in [-0.1, -0.05) is 0 Å². The minimum absolute atomic E-state index is 0.150. The molecule has 19 heavy (non-hydrogen) atoms. The predicted octanol–water partition coefficient (Wildman–Crippen LogP) is 1.12. The standard InChI is InChI=1S/C14H21N3O2/c1-16(2)6-5-14(18)17-7-4-10-8-13(19-3)11(15)9-12(10)17/h8-9H,4-7,15H2,1-3H3. The van der Waals surface area contributed by atoms with Crippen LogP contribution in [-0.4, -0.2) is 45.1 Å². The molecule has 0 radical (unpaired) electrons. The molecular formula is C14H21N3O2. The zero-order valence-electron chi connectivity index (χ0n) is 11.8. The van der Waals surface area contributed by atoms with Crippen LogP contribution in [-0.2, 0) is 11.2 Å². The Morgan fingerprint density at radius 3 is 2.84 bits per heavy atom. The van der Waals surface area contributed by atoms with Gasteiger partial charge in [-0.15, -0.1) is 0 Å². The molecule has 104 valence electrons. The molecule has 1 aliphatic heterocycles. The van der Waals surface area contributed by atoms with Crippen LogP contribution >= 0.6 is 0 Å². The number of hydrogen-bond acceptors (Lipinski definition) is 4. The van der Waals surface area contributed by atoms with E-state index < -0.39 is 0 Å². The number of methoxy groups -OCH3 is 1. The summed E-state index contributed by atoms with van der Waals surface area (Å²) in [6.45, 7) is 1.49. The Morgan fingerprint density at radius 1 is 1.47 bits per heavy atom. The molecule has 0 unspecified atom stereocenters. The number of carbonyl (C=O) groups excluding carboxylic acids is 1. The van der Waals surface area contributed by atoms with E-state index in [2.05, 4.69) is 0 Å². The van der Waals surface area contributed by atoms with Gasteiger partial charge in [0.15, 0.2) is 0 Å². The molecule has 0 saturated heterocycles. The maximum Gasteiger partial charge on any atom is 0.228 e. The predicted molar refractivity (Wildman–Crippen MR) is 76.6 cm³/mol. The maximum atomic E-state index is 12.2. The van der Waals surface area contributed by atoms with Crippen LogP contribution in [0.25, 0.3) is 0 Å². The van der Waals surface area contributed by atoms with E-state index in [1.807, 2.05) is 36.0 Å². The highest BCUT2D eigenvalue weighted by molar-refractivity contribution is 5.96. The third kappa shape index (κ3) is 2.81. The van der Waals surface area contributed by atoms with E-state index >= 15 is 0 Å². The molecule has 0 atom stereocenters. The zero-order chi connectivity index (χ0) is 14.0. The Hall–Kier alpha value is -1.75. The highest BCUT2D eigenvalue weighted by atomic mass is 16.5. The lowest BCUT2D eigenvalue weighted by Crippen LogP contribution is -2.31. The van der Waals surface area contributed by atoms with Gasteiger partial charge in [0.1, 0.15) is 5.75 Å². The van der Waals surface area contributed by atoms with Crippen molar-refractivity contribution in [1.82, 2.24) is 4.90 Å². The summed E-state index contributed by atoms with van der Waals surface area (Å²) >= 11 is 0. The van der Waals surface area contributed by atoms with Crippen molar-refractivity contribution in [2.75, 3.05) is 44.9 Å². The van der Waals surface area contributed by atoms with Gasteiger partial charge in [-0.05, 0) is 38.2 Å². The first-order valence-electron chi connectivity index (χ1n) is 6.44. The molecule has 2 N–H and O–H groups in total. The quantitative estimate of drug-likeness (QED) is 0.827. The van der Waals surface area contributed by atoms with E-state index in [9.17, 15) is 4.79 Å². The molecule has 1 aromatic carbocycles. The molecule has 0 saturated carbocycles. The van der Waals surface area contributed by atoms with E-state index in [-0.39, 0.29) is 5.91 Å². The minimum atomic E-state index is 0.150. The van der Waals surface area contributed by atoms with Crippen LogP contribution in [0.2, 0.25) is 0 Å². The lowest BCUT2D eigenvalue weighted by Gasteiger charge is -2.19. The second kappa shape index (κ2) is 5.48. The third-order valence-electron chi connectivity index (χ3n) is 3.40. The largest absolute Gasteiger partial charge is 0.495 e. The molecule has 2 rings (SSSR count). The van der Waals surface area contributed by atoms with Crippen molar-refractivity contribution in [2.24, 2.45) is 0 Å². The fourth-order valence-electron chi connectivity index (χ4n) is 2.32. The number of rotatable bonds is 4. The Bertz CT molecular complexity index is 486. The molecule has 0 aliphatic carbocycles. The first-order chi connectivity index (χ1) is 9.02. The average Bonchev–Trinajstić information content (AvgIpc) is 2.77. The van der Waals surface area contributed by atoms with Gasteiger partial charge in [0.2, 0.25) is 5.91 Å². The summed E-state index contributed by atoms with van der Waals surface area (Å²) < 4.78 is 5.21. The molecule has 5 heteroatoms. The summed E-state index contributed by atoms with van der Waals surface area (Å²) in [5, 5.41) is 0. The van der Waals surface area contributed by atoms with Crippen LogP contribution in [0.5, 0.6) is 5.75 Å². The number of amides is 1. The van der Waals surface area contributed by atoms with Crippen molar-refractivity contribution >= 4 is 17.3 Å². The van der Waals surface area contributed by atoms with E-state index in [0.29, 0.717) is 17.9 Å². The number of hydrogen-bond donors (Lipinski definition) is 1. The summed E-state index contributed by atoms with van der Waals surface area (Å²) in [5.74, 6) is 0.832. The molecule has 0 bridgehead atoms. The van der Waals surface area contributed by atoms with Crippen molar-refractivity contribution in [2.45, 2.75) is 12.8 Å². The smallest absolute Gasteiger partial charge is 0.228 e. The third-order valence-corrected chi connectivity index (χ3v) is 3.40. The molecule has 1 aromatic rings. The molecule has 0 spiro atoms. The minimum Gasteiger partial charge on any atom is -0.495 e. The van der Waals surface area contributed by atoms with E-state index in [4.69, 9.17) is 10.5 Å². The number of nitrogens with two attached hydrogens (primary N) is 1. The molecule has 0 aromatic heterocycles. The van der Waals surface area contributed by atoms with Gasteiger partial charge in [0.25, 0.3) is 0 Å². The molecule has 1 heterocycles. The highest BCUT2D eigenvalue weighted by Gasteiger charge is 2.25. The van der Waals surface area contributed by atoms with Crippen LogP contribution in [0.4, 0.5) is 11.4 Å². The lowest BCUT2D eigenvalue weighted by molar-refractivity contribution is -0.118. The van der Waals surface area contributed by atoms with Gasteiger partial charge in [-0.25, -0.2) is 0 Å². The van der Waals surface area contributed by atoms with Crippen molar-refractivity contribution in [3.63, 3.8) is 0 Å². The second-order valence-corrected chi connectivity index (χ2v) is 5.07. The Kier molecular flexibility index (Phi) is 3.95. The number of nitrogen functional groups attached to an aromatic ring is 1. The number of anilines is 2. The Morgan fingerprint density at radius 2 is 2.21 bits per heavy atom. The molecule has 5 nitrogen and oxygen atoms in total. The normalized spacial score (nSPS) is 13.8. The van der Waals surface area contributed by atoms with E-state index in [1.54, 1.807) is 7.11 Å². The number of carbonyl (C=O) groups is 1. The molecule has 1 amide bonds. The van der Waals surface area contributed by atoms with Crippen molar-refractivity contribution in [3.05, 3.63) is 17.7 Å². The zero-order valence-corrected chi connectivity index (χ0v) is 11.8. The summed E-state index contributed by atoms with van der Waals surface area (Å²) in [6, 6.07) is 3.78. The summed E-state index contributed by atoms with van der Waals surface area (Å²) in [4.78, 5) is 16.0. The van der Waals surface area contributed by atoms with Crippen molar-refractivity contribution in [1.29, 1.82) is 0 Å². The first-order valence-corrected chi connectivity index (χ1v) is 6.44. The summed E-state index contributed by atoms with van der Waals surface area (Å²) in [5.41, 5.74) is 8.56. The monoisotopic (exact) mass is 263 g/mol. The van der Waals surface area contributed by atoms with Crippen molar-refractivity contribution < 1.29 is 9.53 Å². The highest BCUT2D eigenvalue weighted by Crippen LogP contribution is 2.35. The number of ether oxygens (including phenoxy) is 1. The van der Waals surface area contributed by atoms with Gasteiger partial charge < -0.3 is 20.3 Å². The van der Waals surface area contributed by atoms with Crippen LogP contribution in [0, 0.1) is 0 Å². The fraction of sp³-hybridized carbons (Fsp3) is 0.500. The van der Waals surface area contributed by atoms with Crippen LogP contribution in [0.1, 0.15) is 12.0 Å². The second-order valence-electron chi connectivity index (χ2n) is 5.07. The summed E-state index contributed by atoms with van der Waals surface area (Å²) in [6.07, 6.45) is 1.39. The molecule has 1 aliphatic rings. The van der Waals surface area contributed by atoms with Crippen molar-refractivity contribution in [3.8, 4) is 5.75 Å². The van der Waals surface area contributed by atoms with Gasteiger partial charge in [0.05, 0.1) is 12.8 Å². The van der Waals surface area contributed by atoms with Gasteiger partial charge in [0, 0.05) is 25.2 Å². The van der Waals surface area contributed by atoms with E-state index in [1.165, 1.54) is 0 Å². The molecule has 0 fully saturated rings. The van der Waals surface area contributed by atoms with E-state index in [0.717, 1.165) is 30.8 Å². The number of nitrogens with zero attached hydrogens (tertiary/aromatic N) is 2. The summed E-state index contributed by atoms with van der Waals surface area (Å²) in [7, 11) is 5.54. The number of fused-ring (bicyclic) bond motifs is 1. The van der Waals surface area contributed by atoms with Gasteiger partial charge in [-0.2, -0.15) is 0 Å². The Labute approximate surface area is 113 Å². The van der Waals surface area contributed by atoms with Crippen LogP contribution in [0.15, 0.2) is 12.1 Å². The average molecular weight is 263 g/mol. The van der Waals surface area contributed by atoms with Crippen LogP contribution in [0.3, 0.4) is 0 Å². The first kappa shape index (κ1) is 13.7. The fourth-order valence-corrected chi connectivity index (χ4v) is 2.32. The maximum absolute atomic E-state index is 12.2. The number of benzene rings is 1. The topological polar surface area (TPSA) is 58.8 Å². The Balaban J connectivity index is 2.17.